The second-order valence-electron chi connectivity index (χ2n) is 7.60. The van der Waals surface area contributed by atoms with Gasteiger partial charge < -0.3 is 15.0 Å². The van der Waals surface area contributed by atoms with Gasteiger partial charge in [-0.2, -0.15) is 0 Å². The normalized spacial score (nSPS) is 18.1. The van der Waals surface area contributed by atoms with E-state index < -0.39 is 0 Å². The summed E-state index contributed by atoms with van der Waals surface area (Å²) in [5, 5.41) is 5.11. The van der Waals surface area contributed by atoms with E-state index in [0.717, 1.165) is 41.3 Å². The van der Waals surface area contributed by atoms with Gasteiger partial charge in [-0.05, 0) is 59.9 Å². The quantitative estimate of drug-likeness (QED) is 0.735. The van der Waals surface area contributed by atoms with E-state index in [4.69, 9.17) is 4.74 Å². The second kappa shape index (κ2) is 7.33. The highest BCUT2D eigenvalue weighted by Crippen LogP contribution is 2.33. The van der Waals surface area contributed by atoms with Gasteiger partial charge in [-0.15, -0.1) is 0 Å². The summed E-state index contributed by atoms with van der Waals surface area (Å²) in [6.45, 7) is 1.31. The number of fused-ring (bicyclic) bond motifs is 2. The van der Waals surface area contributed by atoms with Crippen LogP contribution in [0.5, 0.6) is 0 Å². The predicted octanol–water partition coefficient (Wildman–Crippen LogP) is 4.16. The molecule has 146 valence electrons. The minimum absolute atomic E-state index is 0.0271. The van der Waals surface area contributed by atoms with Crippen LogP contribution in [0.1, 0.15) is 28.8 Å². The highest BCUT2D eigenvalue weighted by Gasteiger charge is 2.32. The highest BCUT2D eigenvalue weighted by molar-refractivity contribution is 6.07. The van der Waals surface area contributed by atoms with E-state index in [-0.39, 0.29) is 17.9 Å². The number of rotatable bonds is 3. The van der Waals surface area contributed by atoms with Crippen molar-refractivity contribution < 1.29 is 14.3 Å². The molecule has 5 rings (SSSR count). The van der Waals surface area contributed by atoms with E-state index >= 15 is 0 Å². The van der Waals surface area contributed by atoms with Gasteiger partial charge in [0, 0.05) is 30.1 Å². The Kier molecular flexibility index (Phi) is 4.52. The van der Waals surface area contributed by atoms with Gasteiger partial charge in [-0.3, -0.25) is 9.59 Å². The minimum atomic E-state index is -0.336. The van der Waals surface area contributed by atoms with Crippen LogP contribution in [0.4, 0.5) is 11.4 Å². The lowest BCUT2D eigenvalue weighted by Gasteiger charge is -2.21. The number of anilines is 2. The van der Waals surface area contributed by atoms with Crippen molar-refractivity contribution in [3.8, 4) is 0 Å². The van der Waals surface area contributed by atoms with Crippen LogP contribution in [0.25, 0.3) is 10.8 Å². The third-order valence-corrected chi connectivity index (χ3v) is 5.72. The van der Waals surface area contributed by atoms with Crippen LogP contribution < -0.4 is 10.2 Å². The molecule has 1 atom stereocenters. The zero-order valence-corrected chi connectivity index (χ0v) is 16.1. The van der Waals surface area contributed by atoms with E-state index in [1.807, 2.05) is 60.7 Å². The van der Waals surface area contributed by atoms with E-state index in [1.165, 1.54) is 0 Å². The summed E-state index contributed by atoms with van der Waals surface area (Å²) in [5.41, 5.74) is 3.30. The molecular formula is C24H22N2O3. The molecule has 1 saturated heterocycles. The average Bonchev–Trinajstić information content (AvgIpc) is 3.43. The third-order valence-electron chi connectivity index (χ3n) is 5.72. The molecule has 2 aliphatic heterocycles. The monoisotopic (exact) mass is 386 g/mol. The first kappa shape index (κ1) is 17.9. The molecule has 5 nitrogen and oxygen atoms in total. The summed E-state index contributed by atoms with van der Waals surface area (Å²) < 4.78 is 5.57. The van der Waals surface area contributed by atoms with Crippen LogP contribution in [0.2, 0.25) is 0 Å². The first-order valence-corrected chi connectivity index (χ1v) is 10.0. The summed E-state index contributed by atoms with van der Waals surface area (Å²) in [6, 6.07) is 19.4. The van der Waals surface area contributed by atoms with E-state index in [0.29, 0.717) is 24.4 Å². The number of hydrogen-bond acceptors (Lipinski definition) is 3. The maximum atomic E-state index is 12.8. The lowest BCUT2D eigenvalue weighted by Crippen LogP contribution is -2.37. The zero-order valence-electron chi connectivity index (χ0n) is 16.1. The molecule has 2 aliphatic rings. The van der Waals surface area contributed by atoms with Gasteiger partial charge in [0.25, 0.3) is 11.8 Å². The fraction of sp³-hybridized carbons (Fsp3) is 0.250. The van der Waals surface area contributed by atoms with Crippen LogP contribution >= 0.6 is 0 Å². The number of nitrogens with one attached hydrogen (secondary N) is 1. The topological polar surface area (TPSA) is 58.6 Å². The van der Waals surface area contributed by atoms with E-state index in [2.05, 4.69) is 5.32 Å². The molecule has 0 bridgehead atoms. The van der Waals surface area contributed by atoms with Gasteiger partial charge in [-0.25, -0.2) is 0 Å². The van der Waals surface area contributed by atoms with Gasteiger partial charge in [0.1, 0.15) is 6.10 Å². The summed E-state index contributed by atoms with van der Waals surface area (Å²) in [6.07, 6.45) is 2.20. The van der Waals surface area contributed by atoms with Crippen LogP contribution in [-0.4, -0.2) is 31.1 Å². The Balaban J connectivity index is 1.37. The maximum Gasteiger partial charge on any atom is 0.256 e. The SMILES string of the molecule is O=C(Nc1ccc2c(c1)N(C(=O)C1CCCO1)CC2)c1ccc2ccccc2c1. The van der Waals surface area contributed by atoms with Gasteiger partial charge in [0.15, 0.2) is 0 Å². The fourth-order valence-electron chi connectivity index (χ4n) is 4.17. The lowest BCUT2D eigenvalue weighted by atomic mass is 10.1. The maximum absolute atomic E-state index is 12.8. The smallest absolute Gasteiger partial charge is 0.256 e. The Labute approximate surface area is 169 Å². The standard InChI is InChI=1S/C24H22N2O3/c27-23(19-8-7-16-4-1-2-5-18(16)14-19)25-20-10-9-17-11-12-26(21(17)15-20)24(28)22-6-3-13-29-22/h1-2,4-5,7-10,14-15,22H,3,6,11-13H2,(H,25,27). The largest absolute Gasteiger partial charge is 0.368 e. The van der Waals surface area contributed by atoms with Gasteiger partial charge in [0.2, 0.25) is 0 Å². The summed E-state index contributed by atoms with van der Waals surface area (Å²) >= 11 is 0. The summed E-state index contributed by atoms with van der Waals surface area (Å²) in [7, 11) is 0. The first-order chi connectivity index (χ1) is 14.2. The second-order valence-corrected chi connectivity index (χ2v) is 7.60. The molecule has 3 aromatic rings. The number of benzene rings is 3. The molecule has 0 radical (unpaired) electrons. The van der Waals surface area contributed by atoms with Gasteiger partial charge >= 0.3 is 0 Å². The number of nitrogens with zero attached hydrogens (tertiary/aromatic N) is 1. The van der Waals surface area contributed by atoms with Crippen LogP contribution in [0.3, 0.4) is 0 Å². The van der Waals surface area contributed by atoms with Crippen molar-refractivity contribution in [1.29, 1.82) is 0 Å². The predicted molar refractivity (Wildman–Crippen MR) is 113 cm³/mol. The van der Waals surface area contributed by atoms with Gasteiger partial charge in [-0.1, -0.05) is 36.4 Å². The molecule has 29 heavy (non-hydrogen) atoms. The van der Waals surface area contributed by atoms with Crippen molar-refractivity contribution in [2.45, 2.75) is 25.4 Å². The Hall–Kier alpha value is -3.18. The number of ether oxygens (including phenoxy) is 1. The number of carbonyl (C=O) groups excluding carboxylic acids is 2. The Morgan fingerprint density at radius 1 is 1.00 bits per heavy atom. The minimum Gasteiger partial charge on any atom is -0.368 e. The third kappa shape index (κ3) is 3.38. The highest BCUT2D eigenvalue weighted by atomic mass is 16.5. The molecule has 0 aliphatic carbocycles. The molecule has 0 spiro atoms. The van der Waals surface area contributed by atoms with Crippen molar-refractivity contribution in [2.75, 3.05) is 23.4 Å². The lowest BCUT2D eigenvalue weighted by molar-refractivity contribution is -0.127. The molecule has 1 fully saturated rings. The molecule has 5 heteroatoms. The average molecular weight is 386 g/mol. The molecule has 2 amide bonds. The first-order valence-electron chi connectivity index (χ1n) is 10.0. The molecule has 1 unspecified atom stereocenters. The Morgan fingerprint density at radius 3 is 2.69 bits per heavy atom. The summed E-state index contributed by atoms with van der Waals surface area (Å²) in [5.74, 6) is -0.134. The van der Waals surface area contributed by atoms with Gasteiger partial charge in [0.05, 0.1) is 0 Å². The van der Waals surface area contributed by atoms with Crippen LogP contribution in [0, 0.1) is 0 Å². The molecule has 0 saturated carbocycles. The van der Waals surface area contributed by atoms with Crippen molar-refractivity contribution in [3.63, 3.8) is 0 Å². The van der Waals surface area contributed by atoms with Crippen LogP contribution in [0.15, 0.2) is 60.7 Å². The number of carbonyl (C=O) groups is 2. The molecule has 1 N–H and O–H groups in total. The molecule has 0 aromatic heterocycles. The zero-order chi connectivity index (χ0) is 19.8. The molecule has 2 heterocycles. The summed E-state index contributed by atoms with van der Waals surface area (Å²) in [4.78, 5) is 27.4. The van der Waals surface area contributed by atoms with Crippen LogP contribution in [-0.2, 0) is 16.0 Å². The molecule has 3 aromatic carbocycles. The van der Waals surface area contributed by atoms with E-state index in [1.54, 1.807) is 4.90 Å². The van der Waals surface area contributed by atoms with Crippen molar-refractivity contribution >= 4 is 34.0 Å². The fourth-order valence-corrected chi connectivity index (χ4v) is 4.17. The Morgan fingerprint density at radius 2 is 1.86 bits per heavy atom. The number of amides is 2. The Bertz CT molecular complexity index is 1100. The van der Waals surface area contributed by atoms with E-state index in [9.17, 15) is 9.59 Å². The van der Waals surface area contributed by atoms with Crippen molar-refractivity contribution in [2.24, 2.45) is 0 Å². The number of hydrogen-bond donors (Lipinski definition) is 1. The van der Waals surface area contributed by atoms with Crippen molar-refractivity contribution in [1.82, 2.24) is 0 Å². The van der Waals surface area contributed by atoms with Crippen molar-refractivity contribution in [3.05, 3.63) is 71.8 Å². The molecular weight excluding hydrogens is 364 g/mol.